The van der Waals surface area contributed by atoms with Crippen LogP contribution in [0.5, 0.6) is 0 Å². The molecule has 1 aliphatic carbocycles. The first-order valence-corrected chi connectivity index (χ1v) is 8.24. The molecule has 3 nitrogen and oxygen atoms in total. The van der Waals surface area contributed by atoms with Crippen LogP contribution in [0.15, 0.2) is 0 Å². The summed E-state index contributed by atoms with van der Waals surface area (Å²) in [6.07, 6.45) is 8.46. The van der Waals surface area contributed by atoms with E-state index in [-0.39, 0.29) is 5.54 Å². The van der Waals surface area contributed by atoms with Crippen LogP contribution in [0.2, 0.25) is 0 Å². The van der Waals surface area contributed by atoms with E-state index in [0.717, 1.165) is 25.2 Å². The highest BCUT2D eigenvalue weighted by molar-refractivity contribution is 4.98. The zero-order valence-electron chi connectivity index (χ0n) is 12.7. The molecule has 1 saturated carbocycles. The number of hydrogen-bond acceptors (Lipinski definition) is 3. The molecule has 3 fully saturated rings. The van der Waals surface area contributed by atoms with Gasteiger partial charge in [-0.05, 0) is 39.0 Å². The Morgan fingerprint density at radius 3 is 2.58 bits per heavy atom. The normalized spacial score (nSPS) is 37.6. The summed E-state index contributed by atoms with van der Waals surface area (Å²) < 4.78 is 5.65. The van der Waals surface area contributed by atoms with E-state index in [2.05, 4.69) is 24.1 Å². The molecule has 110 valence electrons. The smallest absolute Gasteiger partial charge is 0.0622 e. The first-order chi connectivity index (χ1) is 9.16. The molecule has 2 aliphatic heterocycles. The van der Waals surface area contributed by atoms with E-state index in [4.69, 9.17) is 4.74 Å². The van der Waals surface area contributed by atoms with Gasteiger partial charge in [0.15, 0.2) is 0 Å². The molecule has 2 unspecified atom stereocenters. The Labute approximate surface area is 118 Å². The molecule has 2 atom stereocenters. The van der Waals surface area contributed by atoms with Gasteiger partial charge in [0.05, 0.1) is 6.61 Å². The van der Waals surface area contributed by atoms with E-state index in [1.807, 2.05) is 0 Å². The third-order valence-electron chi connectivity index (χ3n) is 5.36. The molecule has 0 aromatic heterocycles. The van der Waals surface area contributed by atoms with Gasteiger partial charge in [-0.2, -0.15) is 0 Å². The largest absolute Gasteiger partial charge is 0.380 e. The molecule has 0 amide bonds. The van der Waals surface area contributed by atoms with E-state index < -0.39 is 0 Å². The highest BCUT2D eigenvalue weighted by atomic mass is 16.5. The van der Waals surface area contributed by atoms with Crippen LogP contribution in [0.25, 0.3) is 0 Å². The van der Waals surface area contributed by atoms with Crippen LogP contribution in [0.1, 0.15) is 52.4 Å². The standard InChI is InChI=1S/C16H30N2O/c1-16(2)12-18(14-8-9-19-11-14)15(10-17-16)13-6-4-3-5-7-13/h13-15,17H,3-12H2,1-2H3. The zero-order valence-corrected chi connectivity index (χ0v) is 12.7. The Bertz CT molecular complexity index is 293. The third kappa shape index (κ3) is 3.14. The molecular weight excluding hydrogens is 236 g/mol. The fourth-order valence-corrected chi connectivity index (χ4v) is 4.27. The summed E-state index contributed by atoms with van der Waals surface area (Å²) in [5.41, 5.74) is 0.258. The lowest BCUT2D eigenvalue weighted by Crippen LogP contribution is -2.65. The number of nitrogens with zero attached hydrogens (tertiary/aromatic N) is 1. The second-order valence-corrected chi connectivity index (χ2v) is 7.42. The van der Waals surface area contributed by atoms with Crippen LogP contribution < -0.4 is 5.32 Å². The molecule has 2 saturated heterocycles. The number of hydrogen-bond donors (Lipinski definition) is 1. The van der Waals surface area contributed by atoms with Crippen molar-refractivity contribution in [3.05, 3.63) is 0 Å². The lowest BCUT2D eigenvalue weighted by molar-refractivity contribution is 0.0110. The van der Waals surface area contributed by atoms with Crippen molar-refractivity contribution in [1.82, 2.24) is 10.2 Å². The Morgan fingerprint density at radius 1 is 1.11 bits per heavy atom. The van der Waals surface area contributed by atoms with E-state index in [1.54, 1.807) is 0 Å². The van der Waals surface area contributed by atoms with Crippen molar-refractivity contribution < 1.29 is 4.74 Å². The number of rotatable bonds is 2. The third-order valence-corrected chi connectivity index (χ3v) is 5.36. The van der Waals surface area contributed by atoms with Gasteiger partial charge in [-0.15, -0.1) is 0 Å². The fourth-order valence-electron chi connectivity index (χ4n) is 4.27. The van der Waals surface area contributed by atoms with Gasteiger partial charge in [0.25, 0.3) is 0 Å². The van der Waals surface area contributed by atoms with Gasteiger partial charge in [-0.3, -0.25) is 4.90 Å². The second kappa shape index (κ2) is 5.71. The molecule has 3 heteroatoms. The van der Waals surface area contributed by atoms with Gasteiger partial charge in [-0.1, -0.05) is 19.3 Å². The fraction of sp³-hybridized carbons (Fsp3) is 1.00. The maximum Gasteiger partial charge on any atom is 0.0622 e. The summed E-state index contributed by atoms with van der Waals surface area (Å²) in [5.74, 6) is 0.915. The lowest BCUT2D eigenvalue weighted by atomic mass is 9.80. The van der Waals surface area contributed by atoms with Gasteiger partial charge in [0.2, 0.25) is 0 Å². The summed E-state index contributed by atoms with van der Waals surface area (Å²) >= 11 is 0. The zero-order chi connectivity index (χ0) is 13.3. The summed E-state index contributed by atoms with van der Waals surface area (Å²) in [4.78, 5) is 2.81. The van der Waals surface area contributed by atoms with E-state index in [9.17, 15) is 0 Å². The van der Waals surface area contributed by atoms with Crippen LogP contribution in [0, 0.1) is 5.92 Å². The number of ether oxygens (including phenoxy) is 1. The Kier molecular flexibility index (Phi) is 4.16. The Balaban J connectivity index is 1.71. The molecule has 1 N–H and O–H groups in total. The molecule has 0 aromatic rings. The highest BCUT2D eigenvalue weighted by Gasteiger charge is 2.40. The van der Waals surface area contributed by atoms with Crippen LogP contribution in [0.4, 0.5) is 0 Å². The second-order valence-electron chi connectivity index (χ2n) is 7.42. The number of piperazine rings is 1. The van der Waals surface area contributed by atoms with Crippen molar-refractivity contribution in [2.45, 2.75) is 70.0 Å². The minimum atomic E-state index is 0.258. The quantitative estimate of drug-likeness (QED) is 0.830. The lowest BCUT2D eigenvalue weighted by Gasteiger charge is -2.50. The van der Waals surface area contributed by atoms with Crippen molar-refractivity contribution in [1.29, 1.82) is 0 Å². The summed E-state index contributed by atoms with van der Waals surface area (Å²) in [6.45, 7) is 8.96. The first-order valence-electron chi connectivity index (χ1n) is 8.24. The predicted octanol–water partition coefficient (Wildman–Crippen LogP) is 2.41. The summed E-state index contributed by atoms with van der Waals surface area (Å²) in [6, 6.07) is 1.42. The molecular formula is C16H30N2O. The van der Waals surface area contributed by atoms with Crippen molar-refractivity contribution in [2.24, 2.45) is 5.92 Å². The minimum Gasteiger partial charge on any atom is -0.380 e. The maximum absolute atomic E-state index is 5.65. The Hall–Kier alpha value is -0.120. The van der Waals surface area contributed by atoms with Crippen molar-refractivity contribution in [3.63, 3.8) is 0 Å². The molecule has 0 radical (unpaired) electrons. The molecule has 0 bridgehead atoms. The van der Waals surface area contributed by atoms with Gasteiger partial charge in [0.1, 0.15) is 0 Å². The predicted molar refractivity (Wildman–Crippen MR) is 78.4 cm³/mol. The van der Waals surface area contributed by atoms with Crippen molar-refractivity contribution in [3.8, 4) is 0 Å². The summed E-state index contributed by atoms with van der Waals surface area (Å²) in [5, 5.41) is 3.78. The number of nitrogens with one attached hydrogen (secondary N) is 1. The van der Waals surface area contributed by atoms with Gasteiger partial charge in [-0.25, -0.2) is 0 Å². The van der Waals surface area contributed by atoms with Gasteiger partial charge < -0.3 is 10.1 Å². The molecule has 0 spiro atoms. The molecule has 2 heterocycles. The van der Waals surface area contributed by atoms with Gasteiger partial charge >= 0.3 is 0 Å². The van der Waals surface area contributed by atoms with Crippen molar-refractivity contribution in [2.75, 3.05) is 26.3 Å². The van der Waals surface area contributed by atoms with Crippen LogP contribution in [-0.2, 0) is 4.74 Å². The molecule has 3 rings (SSSR count). The average molecular weight is 266 g/mol. The van der Waals surface area contributed by atoms with Crippen LogP contribution in [-0.4, -0.2) is 48.8 Å². The van der Waals surface area contributed by atoms with Crippen molar-refractivity contribution >= 4 is 0 Å². The van der Waals surface area contributed by atoms with E-state index in [1.165, 1.54) is 51.6 Å². The molecule has 19 heavy (non-hydrogen) atoms. The highest BCUT2D eigenvalue weighted by Crippen LogP contribution is 2.33. The topological polar surface area (TPSA) is 24.5 Å². The van der Waals surface area contributed by atoms with Gasteiger partial charge in [0, 0.05) is 37.3 Å². The summed E-state index contributed by atoms with van der Waals surface area (Å²) in [7, 11) is 0. The SMILES string of the molecule is CC1(C)CN(C2CCOC2)C(C2CCCCC2)CN1. The molecule has 3 aliphatic rings. The van der Waals surface area contributed by atoms with Crippen LogP contribution >= 0.6 is 0 Å². The van der Waals surface area contributed by atoms with Crippen LogP contribution in [0.3, 0.4) is 0 Å². The van der Waals surface area contributed by atoms with E-state index in [0.29, 0.717) is 6.04 Å². The van der Waals surface area contributed by atoms with E-state index >= 15 is 0 Å². The minimum absolute atomic E-state index is 0.258. The average Bonchev–Trinajstić information content (AvgIpc) is 2.92. The Morgan fingerprint density at radius 2 is 1.89 bits per heavy atom. The first kappa shape index (κ1) is 13.8. The monoisotopic (exact) mass is 266 g/mol. The maximum atomic E-state index is 5.65. The molecule has 0 aromatic carbocycles.